The molecule has 0 amide bonds. The molecule has 4 heteroatoms. The van der Waals surface area contributed by atoms with E-state index < -0.39 is 0 Å². The third kappa shape index (κ3) is 4.28. The minimum atomic E-state index is -0.207. The first-order chi connectivity index (χ1) is 8.71. The third-order valence-electron chi connectivity index (χ3n) is 2.45. The molecule has 0 atom stereocenters. The lowest BCUT2D eigenvalue weighted by atomic mass is 10.1. The lowest BCUT2D eigenvalue weighted by Crippen LogP contribution is -2.03. The first-order valence-electron chi connectivity index (χ1n) is 6.16. The van der Waals surface area contributed by atoms with Gasteiger partial charge in [-0.1, -0.05) is 6.07 Å². The Kier molecular flexibility index (Phi) is 6.05. The SMILES string of the molecule is CCOc1ccc(CCC(=O)OC)cc1OCC. The van der Waals surface area contributed by atoms with Crippen LogP contribution < -0.4 is 9.47 Å². The largest absolute Gasteiger partial charge is 0.490 e. The maximum atomic E-state index is 11.1. The second kappa shape index (κ2) is 7.58. The minimum absolute atomic E-state index is 0.207. The summed E-state index contributed by atoms with van der Waals surface area (Å²) in [6.07, 6.45) is 1.01. The molecular formula is C14H20O4. The Morgan fingerprint density at radius 2 is 1.78 bits per heavy atom. The van der Waals surface area contributed by atoms with E-state index in [2.05, 4.69) is 4.74 Å². The first kappa shape index (κ1) is 14.4. The molecule has 18 heavy (non-hydrogen) atoms. The van der Waals surface area contributed by atoms with Crippen molar-refractivity contribution in [2.24, 2.45) is 0 Å². The van der Waals surface area contributed by atoms with Gasteiger partial charge in [0.05, 0.1) is 20.3 Å². The molecule has 0 aliphatic heterocycles. The molecule has 0 N–H and O–H groups in total. The van der Waals surface area contributed by atoms with Gasteiger partial charge in [-0.15, -0.1) is 0 Å². The highest BCUT2D eigenvalue weighted by Crippen LogP contribution is 2.28. The molecule has 1 rings (SSSR count). The van der Waals surface area contributed by atoms with Gasteiger partial charge in [-0.2, -0.15) is 0 Å². The van der Waals surface area contributed by atoms with Crippen LogP contribution in [-0.2, 0) is 16.0 Å². The van der Waals surface area contributed by atoms with E-state index in [1.165, 1.54) is 7.11 Å². The van der Waals surface area contributed by atoms with Crippen LogP contribution in [0.3, 0.4) is 0 Å². The predicted molar refractivity (Wildman–Crippen MR) is 69.1 cm³/mol. The van der Waals surface area contributed by atoms with Crippen LogP contribution in [0, 0.1) is 0 Å². The standard InChI is InChI=1S/C14H20O4/c1-4-17-12-8-6-11(7-9-14(15)16-3)10-13(12)18-5-2/h6,8,10H,4-5,7,9H2,1-3H3. The monoisotopic (exact) mass is 252 g/mol. The van der Waals surface area contributed by atoms with Crippen LogP contribution in [0.15, 0.2) is 18.2 Å². The van der Waals surface area contributed by atoms with E-state index in [1.807, 2.05) is 32.0 Å². The molecule has 100 valence electrons. The highest BCUT2D eigenvalue weighted by Gasteiger charge is 2.07. The third-order valence-corrected chi connectivity index (χ3v) is 2.45. The van der Waals surface area contributed by atoms with Gasteiger partial charge in [-0.05, 0) is 38.0 Å². The van der Waals surface area contributed by atoms with Gasteiger partial charge in [0.2, 0.25) is 0 Å². The van der Waals surface area contributed by atoms with Gasteiger partial charge < -0.3 is 14.2 Å². The van der Waals surface area contributed by atoms with E-state index in [1.54, 1.807) is 0 Å². The number of methoxy groups -OCH3 is 1. The molecule has 0 spiro atoms. The number of hydrogen-bond acceptors (Lipinski definition) is 4. The van der Waals surface area contributed by atoms with E-state index >= 15 is 0 Å². The highest BCUT2D eigenvalue weighted by molar-refractivity contribution is 5.69. The molecule has 0 saturated carbocycles. The Morgan fingerprint density at radius 3 is 2.39 bits per heavy atom. The number of hydrogen-bond donors (Lipinski definition) is 0. The maximum absolute atomic E-state index is 11.1. The second-order valence-corrected chi connectivity index (χ2v) is 3.72. The zero-order valence-corrected chi connectivity index (χ0v) is 11.2. The lowest BCUT2D eigenvalue weighted by Gasteiger charge is -2.12. The zero-order valence-electron chi connectivity index (χ0n) is 11.2. The topological polar surface area (TPSA) is 44.8 Å². The van der Waals surface area contributed by atoms with Gasteiger partial charge in [-0.3, -0.25) is 4.79 Å². The van der Waals surface area contributed by atoms with E-state index in [4.69, 9.17) is 9.47 Å². The summed E-state index contributed by atoms with van der Waals surface area (Å²) in [6.45, 7) is 5.04. The van der Waals surface area contributed by atoms with Crippen molar-refractivity contribution in [3.63, 3.8) is 0 Å². The smallest absolute Gasteiger partial charge is 0.305 e. The number of carbonyl (C=O) groups is 1. The van der Waals surface area contributed by atoms with Crippen LogP contribution in [0.1, 0.15) is 25.8 Å². The molecule has 1 aromatic rings. The number of ether oxygens (including phenoxy) is 3. The summed E-state index contributed by atoms with van der Waals surface area (Å²) >= 11 is 0. The van der Waals surface area contributed by atoms with Crippen molar-refractivity contribution >= 4 is 5.97 Å². The number of rotatable bonds is 7. The number of carbonyl (C=O) groups excluding carboxylic acids is 1. The fraction of sp³-hybridized carbons (Fsp3) is 0.500. The van der Waals surface area contributed by atoms with E-state index in [0.29, 0.717) is 26.1 Å². The van der Waals surface area contributed by atoms with Crippen molar-refractivity contribution in [1.82, 2.24) is 0 Å². The number of benzene rings is 1. The zero-order chi connectivity index (χ0) is 13.4. The molecule has 0 aliphatic rings. The van der Waals surface area contributed by atoms with Crippen LogP contribution in [0.25, 0.3) is 0 Å². The van der Waals surface area contributed by atoms with Crippen LogP contribution in [0.2, 0.25) is 0 Å². The van der Waals surface area contributed by atoms with Crippen molar-refractivity contribution in [3.8, 4) is 11.5 Å². The molecule has 0 heterocycles. The normalized spacial score (nSPS) is 9.94. The number of esters is 1. The minimum Gasteiger partial charge on any atom is -0.490 e. The molecule has 0 aromatic heterocycles. The van der Waals surface area contributed by atoms with Gasteiger partial charge in [0, 0.05) is 6.42 Å². The molecular weight excluding hydrogens is 232 g/mol. The summed E-state index contributed by atoms with van der Waals surface area (Å²) in [5.41, 5.74) is 1.03. The summed E-state index contributed by atoms with van der Waals surface area (Å²) in [4.78, 5) is 11.1. The second-order valence-electron chi connectivity index (χ2n) is 3.72. The quantitative estimate of drug-likeness (QED) is 0.700. The van der Waals surface area contributed by atoms with Crippen LogP contribution >= 0.6 is 0 Å². The first-order valence-corrected chi connectivity index (χ1v) is 6.16. The molecule has 0 aliphatic carbocycles. The van der Waals surface area contributed by atoms with Crippen molar-refractivity contribution in [2.45, 2.75) is 26.7 Å². The summed E-state index contributed by atoms with van der Waals surface area (Å²) in [5, 5.41) is 0. The maximum Gasteiger partial charge on any atom is 0.305 e. The molecule has 0 saturated heterocycles. The Labute approximate surface area is 108 Å². The Bertz CT molecular complexity index is 387. The van der Waals surface area contributed by atoms with Crippen molar-refractivity contribution in [3.05, 3.63) is 23.8 Å². The molecule has 4 nitrogen and oxygen atoms in total. The van der Waals surface area contributed by atoms with E-state index in [9.17, 15) is 4.79 Å². The Hall–Kier alpha value is -1.71. The van der Waals surface area contributed by atoms with Gasteiger partial charge in [-0.25, -0.2) is 0 Å². The van der Waals surface area contributed by atoms with Gasteiger partial charge in [0.15, 0.2) is 11.5 Å². The average Bonchev–Trinajstić information content (AvgIpc) is 2.39. The summed E-state index contributed by atoms with van der Waals surface area (Å²) in [6, 6.07) is 5.73. The van der Waals surface area contributed by atoms with E-state index in [0.717, 1.165) is 17.1 Å². The van der Waals surface area contributed by atoms with Crippen LogP contribution in [-0.4, -0.2) is 26.3 Å². The van der Waals surface area contributed by atoms with Crippen molar-refractivity contribution in [2.75, 3.05) is 20.3 Å². The molecule has 1 aromatic carbocycles. The van der Waals surface area contributed by atoms with Crippen molar-refractivity contribution in [1.29, 1.82) is 0 Å². The van der Waals surface area contributed by atoms with Gasteiger partial charge >= 0.3 is 5.97 Å². The van der Waals surface area contributed by atoms with E-state index in [-0.39, 0.29) is 5.97 Å². The van der Waals surface area contributed by atoms with Crippen molar-refractivity contribution < 1.29 is 19.0 Å². The molecule has 0 radical (unpaired) electrons. The fourth-order valence-electron chi connectivity index (χ4n) is 1.60. The number of aryl methyl sites for hydroxylation is 1. The fourth-order valence-corrected chi connectivity index (χ4v) is 1.60. The molecule has 0 bridgehead atoms. The molecule has 0 fully saturated rings. The molecule has 0 unspecified atom stereocenters. The summed E-state index contributed by atoms with van der Waals surface area (Å²) in [7, 11) is 1.39. The predicted octanol–water partition coefficient (Wildman–Crippen LogP) is 2.59. The Morgan fingerprint density at radius 1 is 1.11 bits per heavy atom. The summed E-state index contributed by atoms with van der Waals surface area (Å²) in [5.74, 6) is 1.25. The van der Waals surface area contributed by atoms with Crippen LogP contribution in [0.5, 0.6) is 11.5 Å². The van der Waals surface area contributed by atoms with Crippen LogP contribution in [0.4, 0.5) is 0 Å². The lowest BCUT2D eigenvalue weighted by molar-refractivity contribution is -0.140. The highest BCUT2D eigenvalue weighted by atomic mass is 16.5. The average molecular weight is 252 g/mol. The summed E-state index contributed by atoms with van der Waals surface area (Å²) < 4.78 is 15.6. The Balaban J connectivity index is 2.75. The van der Waals surface area contributed by atoms with Gasteiger partial charge in [0.1, 0.15) is 0 Å². The van der Waals surface area contributed by atoms with Gasteiger partial charge in [0.25, 0.3) is 0 Å².